The van der Waals surface area contributed by atoms with Crippen LogP contribution in [0, 0.1) is 6.92 Å². The number of hydrogen-bond donors (Lipinski definition) is 2. The van der Waals surface area contributed by atoms with E-state index >= 15 is 0 Å². The number of aliphatic hydroxyl groups excluding tert-OH is 1. The zero-order valence-electron chi connectivity index (χ0n) is 15.9. The molecule has 1 atom stereocenters. The van der Waals surface area contributed by atoms with Gasteiger partial charge < -0.3 is 15.0 Å². The van der Waals surface area contributed by atoms with E-state index < -0.39 is 0 Å². The fourth-order valence-electron chi connectivity index (χ4n) is 2.98. The van der Waals surface area contributed by atoms with Gasteiger partial charge in [-0.15, -0.1) is 0 Å². The molecule has 1 heterocycles. The van der Waals surface area contributed by atoms with Crippen molar-refractivity contribution in [3.05, 3.63) is 71.8 Å². The predicted molar refractivity (Wildman–Crippen MR) is 107 cm³/mol. The Balaban J connectivity index is 2.10. The van der Waals surface area contributed by atoms with Gasteiger partial charge in [0.25, 0.3) is 5.91 Å². The SMILES string of the molecule is CCc1nccn1-c1cc(C(=O)N[C@@H](C)CO)cc(-c2ccc(C)cc2)c1. The van der Waals surface area contributed by atoms with Crippen LogP contribution >= 0.6 is 0 Å². The largest absolute Gasteiger partial charge is 0.394 e. The number of rotatable bonds is 6. The van der Waals surface area contributed by atoms with Crippen LogP contribution in [0.1, 0.15) is 35.6 Å². The second-order valence-electron chi connectivity index (χ2n) is 6.76. The van der Waals surface area contributed by atoms with Crippen LogP contribution in [0.15, 0.2) is 54.9 Å². The summed E-state index contributed by atoms with van der Waals surface area (Å²) in [7, 11) is 0. The summed E-state index contributed by atoms with van der Waals surface area (Å²) >= 11 is 0. The van der Waals surface area contributed by atoms with Gasteiger partial charge >= 0.3 is 0 Å². The lowest BCUT2D eigenvalue weighted by Gasteiger charge is -2.15. The predicted octanol–water partition coefficient (Wildman–Crippen LogP) is 3.52. The Hall–Kier alpha value is -2.92. The molecule has 0 aliphatic carbocycles. The van der Waals surface area contributed by atoms with E-state index in [-0.39, 0.29) is 18.6 Å². The van der Waals surface area contributed by atoms with E-state index in [9.17, 15) is 9.90 Å². The molecule has 0 saturated carbocycles. The van der Waals surface area contributed by atoms with E-state index in [0.29, 0.717) is 5.56 Å². The quantitative estimate of drug-likeness (QED) is 0.704. The van der Waals surface area contributed by atoms with Gasteiger partial charge in [0.15, 0.2) is 0 Å². The maximum atomic E-state index is 12.7. The second kappa shape index (κ2) is 8.18. The van der Waals surface area contributed by atoms with Crippen molar-refractivity contribution in [2.75, 3.05) is 6.61 Å². The Bertz CT molecular complexity index is 929. The van der Waals surface area contributed by atoms with Crippen molar-refractivity contribution in [1.82, 2.24) is 14.9 Å². The Morgan fingerprint density at radius 1 is 1.19 bits per heavy atom. The van der Waals surface area contributed by atoms with Crippen LogP contribution in [-0.4, -0.2) is 33.2 Å². The lowest BCUT2D eigenvalue weighted by atomic mass is 10.0. The van der Waals surface area contributed by atoms with Crippen molar-refractivity contribution in [3.8, 4) is 16.8 Å². The smallest absolute Gasteiger partial charge is 0.251 e. The zero-order chi connectivity index (χ0) is 19.4. The number of carbonyl (C=O) groups excluding carboxylic acids is 1. The molecule has 0 radical (unpaired) electrons. The van der Waals surface area contributed by atoms with Crippen LogP contribution in [0.3, 0.4) is 0 Å². The molecule has 0 spiro atoms. The highest BCUT2D eigenvalue weighted by Crippen LogP contribution is 2.25. The molecule has 3 aromatic rings. The molecule has 0 fully saturated rings. The van der Waals surface area contributed by atoms with E-state index in [1.807, 2.05) is 29.8 Å². The molecule has 2 N–H and O–H groups in total. The van der Waals surface area contributed by atoms with Crippen LogP contribution in [0.25, 0.3) is 16.8 Å². The molecule has 27 heavy (non-hydrogen) atoms. The summed E-state index contributed by atoms with van der Waals surface area (Å²) in [5.41, 5.74) is 4.64. The highest BCUT2D eigenvalue weighted by Gasteiger charge is 2.14. The van der Waals surface area contributed by atoms with Gasteiger partial charge in [-0.25, -0.2) is 4.98 Å². The minimum absolute atomic E-state index is 0.0995. The number of nitrogens with zero attached hydrogens (tertiary/aromatic N) is 2. The van der Waals surface area contributed by atoms with Crippen molar-refractivity contribution in [2.24, 2.45) is 0 Å². The number of benzene rings is 2. The minimum atomic E-state index is -0.302. The van der Waals surface area contributed by atoms with Crippen LogP contribution in [-0.2, 0) is 6.42 Å². The number of aryl methyl sites for hydroxylation is 2. The highest BCUT2D eigenvalue weighted by molar-refractivity contribution is 5.96. The van der Waals surface area contributed by atoms with Gasteiger partial charge in [0, 0.05) is 36.1 Å². The van der Waals surface area contributed by atoms with Gasteiger partial charge in [0.2, 0.25) is 0 Å². The number of amides is 1. The van der Waals surface area contributed by atoms with Gasteiger partial charge in [-0.05, 0) is 43.2 Å². The van der Waals surface area contributed by atoms with E-state index in [4.69, 9.17) is 0 Å². The molecule has 0 aliphatic rings. The van der Waals surface area contributed by atoms with Gasteiger partial charge in [0.1, 0.15) is 5.82 Å². The third-order valence-electron chi connectivity index (χ3n) is 4.53. The Morgan fingerprint density at radius 3 is 2.59 bits per heavy atom. The van der Waals surface area contributed by atoms with Crippen LogP contribution < -0.4 is 5.32 Å². The van der Waals surface area contributed by atoms with Crippen molar-refractivity contribution in [2.45, 2.75) is 33.2 Å². The summed E-state index contributed by atoms with van der Waals surface area (Å²) in [5.74, 6) is 0.732. The molecule has 0 unspecified atom stereocenters. The third-order valence-corrected chi connectivity index (χ3v) is 4.53. The van der Waals surface area contributed by atoms with Crippen molar-refractivity contribution < 1.29 is 9.90 Å². The standard InChI is InChI=1S/C22H25N3O2/c1-4-21-23-9-10-25(21)20-12-18(17-7-5-15(2)6-8-17)11-19(13-20)22(27)24-16(3)14-26/h5-13,16,26H,4,14H2,1-3H3,(H,24,27)/t16-/m0/s1. The maximum absolute atomic E-state index is 12.7. The monoisotopic (exact) mass is 363 g/mol. The minimum Gasteiger partial charge on any atom is -0.394 e. The number of hydrogen-bond acceptors (Lipinski definition) is 3. The van der Waals surface area contributed by atoms with Crippen molar-refractivity contribution >= 4 is 5.91 Å². The van der Waals surface area contributed by atoms with Crippen LogP contribution in [0.5, 0.6) is 0 Å². The van der Waals surface area contributed by atoms with Gasteiger partial charge in [-0.1, -0.05) is 36.8 Å². The molecule has 1 amide bonds. The highest BCUT2D eigenvalue weighted by atomic mass is 16.3. The summed E-state index contributed by atoms with van der Waals surface area (Å²) in [6.07, 6.45) is 4.47. The van der Waals surface area contributed by atoms with E-state index in [1.54, 1.807) is 13.1 Å². The molecule has 140 valence electrons. The summed E-state index contributed by atoms with van der Waals surface area (Å²) in [6, 6.07) is 13.7. The first-order valence-corrected chi connectivity index (χ1v) is 9.18. The fraction of sp³-hybridized carbons (Fsp3) is 0.273. The molecule has 2 aromatic carbocycles. The van der Waals surface area contributed by atoms with Gasteiger partial charge in [0.05, 0.1) is 6.61 Å². The molecular weight excluding hydrogens is 338 g/mol. The zero-order valence-corrected chi connectivity index (χ0v) is 15.9. The molecule has 5 nitrogen and oxygen atoms in total. The molecule has 0 saturated heterocycles. The van der Waals surface area contributed by atoms with E-state index in [1.165, 1.54) is 5.56 Å². The topological polar surface area (TPSA) is 67.2 Å². The second-order valence-corrected chi connectivity index (χ2v) is 6.76. The molecule has 0 aliphatic heterocycles. The fourth-order valence-corrected chi connectivity index (χ4v) is 2.98. The Morgan fingerprint density at radius 2 is 1.93 bits per heavy atom. The Kier molecular flexibility index (Phi) is 5.72. The van der Waals surface area contributed by atoms with Crippen LogP contribution in [0.4, 0.5) is 0 Å². The number of carbonyl (C=O) groups is 1. The normalized spacial score (nSPS) is 12.0. The average Bonchev–Trinajstić information content (AvgIpc) is 3.17. The first-order valence-electron chi connectivity index (χ1n) is 9.18. The summed E-state index contributed by atoms with van der Waals surface area (Å²) < 4.78 is 2.00. The summed E-state index contributed by atoms with van der Waals surface area (Å²) in [5, 5.41) is 12.1. The summed E-state index contributed by atoms with van der Waals surface area (Å²) in [4.78, 5) is 17.1. The number of aliphatic hydroxyl groups is 1. The van der Waals surface area contributed by atoms with Gasteiger partial charge in [-0.3, -0.25) is 4.79 Å². The van der Waals surface area contributed by atoms with E-state index in [0.717, 1.165) is 29.1 Å². The maximum Gasteiger partial charge on any atom is 0.251 e. The number of nitrogens with one attached hydrogen (secondary N) is 1. The third kappa shape index (κ3) is 4.26. The first kappa shape index (κ1) is 18.9. The Labute approximate surface area is 159 Å². The number of imidazole rings is 1. The summed E-state index contributed by atoms with van der Waals surface area (Å²) in [6.45, 7) is 5.78. The molecular formula is C22H25N3O2. The molecule has 1 aromatic heterocycles. The lowest BCUT2D eigenvalue weighted by molar-refractivity contribution is 0.0922. The van der Waals surface area contributed by atoms with Crippen molar-refractivity contribution in [1.29, 1.82) is 0 Å². The average molecular weight is 363 g/mol. The molecule has 5 heteroatoms. The van der Waals surface area contributed by atoms with Crippen molar-refractivity contribution in [3.63, 3.8) is 0 Å². The van der Waals surface area contributed by atoms with Gasteiger partial charge in [-0.2, -0.15) is 0 Å². The van der Waals surface area contributed by atoms with E-state index in [2.05, 4.69) is 47.6 Å². The molecule has 0 bridgehead atoms. The lowest BCUT2D eigenvalue weighted by Crippen LogP contribution is -2.35. The van der Waals surface area contributed by atoms with Crippen LogP contribution in [0.2, 0.25) is 0 Å². The molecule has 3 rings (SSSR count). The first-order chi connectivity index (χ1) is 13.0. The number of aromatic nitrogens is 2.